The molecule has 0 aliphatic heterocycles. The lowest BCUT2D eigenvalue weighted by atomic mass is 9.81. The zero-order valence-corrected chi connectivity index (χ0v) is 7.40. The Kier molecular flexibility index (Phi) is 2.05. The fourth-order valence-electron chi connectivity index (χ4n) is 1.80. The van der Waals surface area contributed by atoms with E-state index in [0.717, 1.165) is 31.5 Å². The third kappa shape index (κ3) is 1.57. The van der Waals surface area contributed by atoms with E-state index in [1.807, 2.05) is 0 Å². The summed E-state index contributed by atoms with van der Waals surface area (Å²) >= 11 is 0. The van der Waals surface area contributed by atoms with E-state index in [-0.39, 0.29) is 6.10 Å². The lowest BCUT2D eigenvalue weighted by Crippen LogP contribution is -2.42. The summed E-state index contributed by atoms with van der Waals surface area (Å²) in [5.74, 6) is 0.736. The molecule has 0 aromatic carbocycles. The average Bonchev–Trinajstić information content (AvgIpc) is 2.63. The van der Waals surface area contributed by atoms with Gasteiger partial charge in [0.25, 0.3) is 0 Å². The molecule has 72 valence electrons. The van der Waals surface area contributed by atoms with Gasteiger partial charge in [0.15, 0.2) is 0 Å². The van der Waals surface area contributed by atoms with Gasteiger partial charge in [-0.15, -0.1) is 0 Å². The van der Waals surface area contributed by atoms with Gasteiger partial charge in [-0.05, 0) is 25.7 Å². The number of aromatic amines is 1. The minimum atomic E-state index is -0.407. The quantitative estimate of drug-likeness (QED) is 0.565. The van der Waals surface area contributed by atoms with Crippen LogP contribution in [0.3, 0.4) is 0 Å². The molecule has 0 atom stereocenters. The van der Waals surface area contributed by atoms with E-state index in [4.69, 9.17) is 5.73 Å². The van der Waals surface area contributed by atoms with Gasteiger partial charge in [0.05, 0.1) is 11.6 Å². The Morgan fingerprint density at radius 2 is 2.23 bits per heavy atom. The Morgan fingerprint density at radius 1 is 1.54 bits per heavy atom. The molecule has 0 saturated heterocycles. The van der Waals surface area contributed by atoms with E-state index >= 15 is 0 Å². The van der Waals surface area contributed by atoms with Crippen molar-refractivity contribution in [2.75, 3.05) is 0 Å². The highest BCUT2D eigenvalue weighted by molar-refractivity contribution is 5.04. The van der Waals surface area contributed by atoms with Gasteiger partial charge in [-0.2, -0.15) is 5.10 Å². The fourth-order valence-corrected chi connectivity index (χ4v) is 1.80. The van der Waals surface area contributed by atoms with E-state index in [1.54, 1.807) is 0 Å². The summed E-state index contributed by atoms with van der Waals surface area (Å²) in [4.78, 5) is 4.06. The number of nitrogens with two attached hydrogens (primary N) is 1. The standard InChI is InChI=1S/C8H14N4O/c9-8(7-10-5-11-12-7)3-1-6(13)2-4-8/h5-6,13H,1-4,9H2,(H,10,11,12). The van der Waals surface area contributed by atoms with Crippen molar-refractivity contribution in [3.8, 4) is 0 Å². The van der Waals surface area contributed by atoms with Crippen LogP contribution in [0.2, 0.25) is 0 Å². The Bertz CT molecular complexity index is 264. The number of rotatable bonds is 1. The van der Waals surface area contributed by atoms with Crippen molar-refractivity contribution in [3.63, 3.8) is 0 Å². The molecule has 4 N–H and O–H groups in total. The predicted molar refractivity (Wildman–Crippen MR) is 46.7 cm³/mol. The summed E-state index contributed by atoms with van der Waals surface area (Å²) < 4.78 is 0. The molecule has 5 heteroatoms. The molecule has 0 radical (unpaired) electrons. The van der Waals surface area contributed by atoms with Crippen molar-refractivity contribution in [1.29, 1.82) is 0 Å². The van der Waals surface area contributed by atoms with Crippen molar-refractivity contribution in [3.05, 3.63) is 12.2 Å². The predicted octanol–water partition coefficient (Wildman–Crippen LogP) is -0.106. The minimum absolute atomic E-state index is 0.195. The third-order valence-corrected chi connectivity index (χ3v) is 2.73. The van der Waals surface area contributed by atoms with Gasteiger partial charge in [0.2, 0.25) is 0 Å². The summed E-state index contributed by atoms with van der Waals surface area (Å²) in [6.45, 7) is 0. The molecular weight excluding hydrogens is 168 g/mol. The topological polar surface area (TPSA) is 87.8 Å². The Morgan fingerprint density at radius 3 is 2.77 bits per heavy atom. The molecular formula is C8H14N4O. The molecule has 1 aliphatic carbocycles. The maximum atomic E-state index is 9.34. The van der Waals surface area contributed by atoms with Crippen LogP contribution >= 0.6 is 0 Å². The van der Waals surface area contributed by atoms with E-state index in [1.165, 1.54) is 6.33 Å². The lowest BCUT2D eigenvalue weighted by molar-refractivity contribution is 0.0943. The summed E-state index contributed by atoms with van der Waals surface area (Å²) in [6, 6.07) is 0. The Hall–Kier alpha value is -0.940. The second-order valence-corrected chi connectivity index (χ2v) is 3.72. The zero-order valence-electron chi connectivity index (χ0n) is 7.40. The molecule has 1 aliphatic rings. The van der Waals surface area contributed by atoms with Crippen molar-refractivity contribution in [2.45, 2.75) is 37.3 Å². The largest absolute Gasteiger partial charge is 0.393 e. The van der Waals surface area contributed by atoms with E-state index < -0.39 is 5.54 Å². The molecule has 5 nitrogen and oxygen atoms in total. The van der Waals surface area contributed by atoms with Crippen molar-refractivity contribution < 1.29 is 5.11 Å². The van der Waals surface area contributed by atoms with Gasteiger partial charge in [-0.3, -0.25) is 5.10 Å². The molecule has 0 unspecified atom stereocenters. The SMILES string of the molecule is NC1(c2ncn[nH]2)CCC(O)CC1. The number of H-pyrrole nitrogens is 1. The minimum Gasteiger partial charge on any atom is -0.393 e. The van der Waals surface area contributed by atoms with Gasteiger partial charge in [-0.25, -0.2) is 4.98 Å². The Balaban J connectivity index is 2.13. The first kappa shape index (κ1) is 8.65. The molecule has 0 bridgehead atoms. The summed E-state index contributed by atoms with van der Waals surface area (Å²) in [7, 11) is 0. The highest BCUT2D eigenvalue weighted by atomic mass is 16.3. The smallest absolute Gasteiger partial charge is 0.144 e. The number of nitrogens with one attached hydrogen (secondary N) is 1. The normalized spacial score (nSPS) is 34.8. The van der Waals surface area contributed by atoms with E-state index in [2.05, 4.69) is 15.2 Å². The van der Waals surface area contributed by atoms with Crippen LogP contribution in [-0.4, -0.2) is 26.4 Å². The number of nitrogens with zero attached hydrogens (tertiary/aromatic N) is 2. The molecule has 1 aromatic rings. The van der Waals surface area contributed by atoms with Gasteiger partial charge in [-0.1, -0.05) is 0 Å². The monoisotopic (exact) mass is 182 g/mol. The fraction of sp³-hybridized carbons (Fsp3) is 0.750. The molecule has 0 amide bonds. The van der Waals surface area contributed by atoms with Crippen LogP contribution in [0.4, 0.5) is 0 Å². The van der Waals surface area contributed by atoms with Crippen LogP contribution in [0.15, 0.2) is 6.33 Å². The average molecular weight is 182 g/mol. The van der Waals surface area contributed by atoms with Crippen LogP contribution in [0, 0.1) is 0 Å². The van der Waals surface area contributed by atoms with Crippen LogP contribution in [0.5, 0.6) is 0 Å². The molecule has 1 aromatic heterocycles. The lowest BCUT2D eigenvalue weighted by Gasteiger charge is -2.33. The van der Waals surface area contributed by atoms with Crippen LogP contribution in [-0.2, 0) is 5.54 Å². The molecule has 0 spiro atoms. The highest BCUT2D eigenvalue weighted by Crippen LogP contribution is 2.32. The second-order valence-electron chi connectivity index (χ2n) is 3.72. The molecule has 2 rings (SSSR count). The highest BCUT2D eigenvalue weighted by Gasteiger charge is 2.34. The third-order valence-electron chi connectivity index (χ3n) is 2.73. The van der Waals surface area contributed by atoms with Crippen LogP contribution in [0.1, 0.15) is 31.5 Å². The van der Waals surface area contributed by atoms with Gasteiger partial charge < -0.3 is 10.8 Å². The summed E-state index contributed by atoms with van der Waals surface area (Å²) in [6.07, 6.45) is 4.30. The van der Waals surface area contributed by atoms with Gasteiger partial charge >= 0.3 is 0 Å². The summed E-state index contributed by atoms with van der Waals surface area (Å²) in [5, 5.41) is 15.9. The van der Waals surface area contributed by atoms with Crippen molar-refractivity contribution in [1.82, 2.24) is 15.2 Å². The first-order valence-corrected chi connectivity index (χ1v) is 4.53. The zero-order chi connectivity index (χ0) is 9.31. The first-order chi connectivity index (χ1) is 6.21. The number of aliphatic hydroxyl groups is 1. The van der Waals surface area contributed by atoms with Gasteiger partial charge in [0.1, 0.15) is 12.2 Å². The van der Waals surface area contributed by atoms with Crippen LogP contribution < -0.4 is 5.73 Å². The second kappa shape index (κ2) is 3.08. The van der Waals surface area contributed by atoms with Crippen molar-refractivity contribution >= 4 is 0 Å². The first-order valence-electron chi connectivity index (χ1n) is 4.53. The maximum Gasteiger partial charge on any atom is 0.144 e. The summed E-state index contributed by atoms with van der Waals surface area (Å²) in [5.41, 5.74) is 5.74. The molecule has 1 heterocycles. The van der Waals surface area contributed by atoms with E-state index in [9.17, 15) is 5.11 Å². The molecule has 1 fully saturated rings. The number of aliphatic hydroxyl groups excluding tert-OH is 1. The maximum absolute atomic E-state index is 9.34. The number of hydrogen-bond acceptors (Lipinski definition) is 4. The molecule has 1 saturated carbocycles. The van der Waals surface area contributed by atoms with Gasteiger partial charge in [0, 0.05) is 0 Å². The van der Waals surface area contributed by atoms with Crippen molar-refractivity contribution in [2.24, 2.45) is 5.73 Å². The Labute approximate surface area is 76.4 Å². The van der Waals surface area contributed by atoms with Crippen LogP contribution in [0.25, 0.3) is 0 Å². The van der Waals surface area contributed by atoms with E-state index in [0.29, 0.717) is 0 Å². The molecule has 13 heavy (non-hydrogen) atoms. The number of aromatic nitrogens is 3. The number of hydrogen-bond donors (Lipinski definition) is 3.